The number of imide groups is 1. The number of nitrogens with zero attached hydrogens (tertiary/aromatic N) is 3. The van der Waals surface area contributed by atoms with E-state index in [9.17, 15) is 14.4 Å². The van der Waals surface area contributed by atoms with E-state index in [1.165, 1.54) is 12.1 Å². The number of hydrogen-bond acceptors (Lipinski definition) is 7. The quantitative estimate of drug-likeness (QED) is 0.577. The van der Waals surface area contributed by atoms with Gasteiger partial charge in [-0.2, -0.15) is 10.2 Å². The summed E-state index contributed by atoms with van der Waals surface area (Å²) in [4.78, 5) is 41.4. The molecule has 8 nitrogen and oxygen atoms in total. The molecular weight excluding hydrogens is 277 g/mol. The van der Waals surface area contributed by atoms with Crippen molar-refractivity contribution in [2.24, 2.45) is 10.2 Å². The van der Waals surface area contributed by atoms with Crippen LogP contribution in [-0.2, 0) is 14.3 Å². The third-order valence-electron chi connectivity index (χ3n) is 3.25. The van der Waals surface area contributed by atoms with Crippen molar-refractivity contribution < 1.29 is 23.9 Å². The first-order chi connectivity index (χ1) is 10.1. The summed E-state index contributed by atoms with van der Waals surface area (Å²) in [5, 5.41) is 7.81. The molecule has 0 bridgehead atoms. The number of amides is 2. The van der Waals surface area contributed by atoms with Crippen molar-refractivity contribution in [2.75, 3.05) is 13.1 Å². The molecule has 1 aromatic carbocycles. The van der Waals surface area contributed by atoms with Crippen LogP contribution in [0.1, 0.15) is 20.7 Å². The lowest BCUT2D eigenvalue weighted by Crippen LogP contribution is -2.52. The summed E-state index contributed by atoms with van der Waals surface area (Å²) in [6.45, 7) is -0.368. The van der Waals surface area contributed by atoms with Crippen LogP contribution in [0.15, 0.2) is 34.5 Å². The predicted octanol–water partition coefficient (Wildman–Crippen LogP) is 0.0455. The summed E-state index contributed by atoms with van der Waals surface area (Å²) in [7, 11) is 4.86. The number of carbonyl (C=O) groups is 3. The molecule has 2 heterocycles. The molecule has 0 fully saturated rings. The SMILES string of the molecule is [B]OC(=O)C1(ON2C(=O)c3ccccc3C2=O)CN=NC1. The summed E-state index contributed by atoms with van der Waals surface area (Å²) in [5.74, 6) is -2.28. The smallest absolute Gasteiger partial charge is 0.378 e. The Morgan fingerprint density at radius 1 is 1.14 bits per heavy atom. The van der Waals surface area contributed by atoms with Crippen LogP contribution < -0.4 is 0 Å². The number of rotatable bonds is 3. The standard InChI is InChI=1S/C12H8BN3O5/c13-20-11(19)12(5-14-15-6-12)21-16-9(17)7-3-1-2-4-8(7)10(16)18/h1-4H,5-6H2. The summed E-state index contributed by atoms with van der Waals surface area (Å²) in [6, 6.07) is 6.24. The van der Waals surface area contributed by atoms with Gasteiger partial charge >= 0.3 is 14.0 Å². The van der Waals surface area contributed by atoms with Crippen molar-refractivity contribution in [3.63, 3.8) is 0 Å². The molecule has 2 aliphatic rings. The Labute approximate surface area is 120 Å². The van der Waals surface area contributed by atoms with Gasteiger partial charge in [0.25, 0.3) is 11.8 Å². The van der Waals surface area contributed by atoms with Crippen LogP contribution in [0.5, 0.6) is 0 Å². The third kappa shape index (κ3) is 1.93. The number of azo groups is 1. The molecular formula is C12H8BN3O5. The molecule has 0 saturated heterocycles. The second kappa shape index (κ2) is 4.78. The minimum Gasteiger partial charge on any atom is -0.541 e. The van der Waals surface area contributed by atoms with Gasteiger partial charge in [-0.15, -0.1) is 5.06 Å². The molecule has 0 aromatic heterocycles. The number of fused-ring (bicyclic) bond motifs is 1. The summed E-state index contributed by atoms with van der Waals surface area (Å²) < 4.78 is 4.16. The van der Waals surface area contributed by atoms with Gasteiger partial charge in [0, 0.05) is 0 Å². The van der Waals surface area contributed by atoms with Crippen molar-refractivity contribution in [3.05, 3.63) is 35.4 Å². The average molecular weight is 285 g/mol. The molecule has 1 aromatic rings. The fraction of sp³-hybridized carbons (Fsp3) is 0.250. The zero-order valence-electron chi connectivity index (χ0n) is 10.7. The highest BCUT2D eigenvalue weighted by Gasteiger charge is 2.50. The zero-order valence-corrected chi connectivity index (χ0v) is 10.7. The maximum atomic E-state index is 12.2. The third-order valence-corrected chi connectivity index (χ3v) is 3.25. The fourth-order valence-electron chi connectivity index (χ4n) is 2.13. The molecule has 2 amide bonds. The molecule has 2 radical (unpaired) electrons. The van der Waals surface area contributed by atoms with Gasteiger partial charge in [-0.25, -0.2) is 4.84 Å². The summed E-state index contributed by atoms with van der Waals surface area (Å²) in [5.41, 5.74) is -1.29. The van der Waals surface area contributed by atoms with E-state index in [-0.39, 0.29) is 24.2 Å². The van der Waals surface area contributed by atoms with Gasteiger partial charge in [-0.3, -0.25) is 14.4 Å². The molecule has 0 N–H and O–H groups in total. The van der Waals surface area contributed by atoms with Crippen molar-refractivity contribution in [1.29, 1.82) is 0 Å². The normalized spacial score (nSPS) is 19.0. The topological polar surface area (TPSA) is 97.6 Å². The lowest BCUT2D eigenvalue weighted by molar-refractivity contribution is -0.197. The van der Waals surface area contributed by atoms with Gasteiger partial charge in [0.1, 0.15) is 13.1 Å². The first kappa shape index (κ1) is 13.4. The molecule has 9 heteroatoms. The Morgan fingerprint density at radius 3 is 2.14 bits per heavy atom. The van der Waals surface area contributed by atoms with Crippen LogP contribution in [0.2, 0.25) is 0 Å². The van der Waals surface area contributed by atoms with E-state index >= 15 is 0 Å². The minimum atomic E-state index is -1.69. The van der Waals surface area contributed by atoms with Crippen molar-refractivity contribution in [1.82, 2.24) is 5.06 Å². The first-order valence-corrected chi connectivity index (χ1v) is 6.00. The maximum Gasteiger partial charge on any atom is 0.378 e. The highest BCUT2D eigenvalue weighted by molar-refractivity contribution is 6.20. The Balaban J connectivity index is 1.91. The van der Waals surface area contributed by atoms with E-state index in [4.69, 9.17) is 12.9 Å². The van der Waals surface area contributed by atoms with Crippen molar-refractivity contribution in [2.45, 2.75) is 5.60 Å². The van der Waals surface area contributed by atoms with Crippen LogP contribution in [-0.4, -0.2) is 49.6 Å². The Morgan fingerprint density at radius 2 is 1.67 bits per heavy atom. The van der Waals surface area contributed by atoms with Crippen LogP contribution in [0.3, 0.4) is 0 Å². The molecule has 0 unspecified atom stereocenters. The summed E-state index contributed by atoms with van der Waals surface area (Å²) in [6.07, 6.45) is 0. The Kier molecular flexibility index (Phi) is 3.06. The van der Waals surface area contributed by atoms with Gasteiger partial charge in [0.2, 0.25) is 5.60 Å². The second-order valence-corrected chi connectivity index (χ2v) is 4.54. The van der Waals surface area contributed by atoms with E-state index in [0.717, 1.165) is 0 Å². The number of carbonyl (C=O) groups excluding carboxylic acids is 3. The molecule has 104 valence electrons. The minimum absolute atomic E-state index is 0.184. The Hall–Kier alpha value is -2.55. The van der Waals surface area contributed by atoms with E-state index in [1.54, 1.807) is 12.1 Å². The maximum absolute atomic E-state index is 12.2. The molecule has 21 heavy (non-hydrogen) atoms. The number of hydroxylamine groups is 2. The molecule has 0 aliphatic carbocycles. The van der Waals surface area contributed by atoms with Crippen molar-refractivity contribution >= 4 is 25.8 Å². The Bertz CT molecular complexity index is 632. The van der Waals surface area contributed by atoms with Crippen molar-refractivity contribution in [3.8, 4) is 0 Å². The second-order valence-electron chi connectivity index (χ2n) is 4.54. The first-order valence-electron chi connectivity index (χ1n) is 6.00. The average Bonchev–Trinajstić information content (AvgIpc) is 3.08. The highest BCUT2D eigenvalue weighted by atomic mass is 16.7. The number of benzene rings is 1. The van der Waals surface area contributed by atoms with Crippen LogP contribution in [0.25, 0.3) is 0 Å². The van der Waals surface area contributed by atoms with Gasteiger partial charge < -0.3 is 4.65 Å². The molecule has 2 aliphatic heterocycles. The lowest BCUT2D eigenvalue weighted by atomic mass is 10.1. The number of hydrogen-bond donors (Lipinski definition) is 0. The molecule has 3 rings (SSSR count). The van der Waals surface area contributed by atoms with Gasteiger partial charge in [-0.05, 0) is 12.1 Å². The highest BCUT2D eigenvalue weighted by Crippen LogP contribution is 2.28. The van der Waals surface area contributed by atoms with Crippen LogP contribution >= 0.6 is 0 Å². The largest absolute Gasteiger partial charge is 0.541 e. The van der Waals surface area contributed by atoms with E-state index in [2.05, 4.69) is 14.9 Å². The molecule has 0 saturated carbocycles. The van der Waals surface area contributed by atoms with Gasteiger partial charge in [0.15, 0.2) is 0 Å². The molecule has 0 spiro atoms. The molecule has 0 atom stereocenters. The van der Waals surface area contributed by atoms with Crippen LogP contribution in [0, 0.1) is 0 Å². The monoisotopic (exact) mass is 285 g/mol. The zero-order chi connectivity index (χ0) is 15.0. The van der Waals surface area contributed by atoms with Gasteiger partial charge in [-0.1, -0.05) is 12.1 Å². The van der Waals surface area contributed by atoms with Crippen LogP contribution in [0.4, 0.5) is 0 Å². The van der Waals surface area contributed by atoms with E-state index < -0.39 is 23.4 Å². The fourth-order valence-corrected chi connectivity index (χ4v) is 2.13. The van der Waals surface area contributed by atoms with E-state index in [0.29, 0.717) is 5.06 Å². The predicted molar refractivity (Wildman–Crippen MR) is 67.2 cm³/mol. The summed E-state index contributed by atoms with van der Waals surface area (Å²) >= 11 is 0. The van der Waals surface area contributed by atoms with E-state index in [1.807, 2.05) is 0 Å². The lowest BCUT2D eigenvalue weighted by Gasteiger charge is -2.27. The van der Waals surface area contributed by atoms with Gasteiger partial charge in [0.05, 0.1) is 11.1 Å².